The molecule has 2 rings (SSSR count). The second kappa shape index (κ2) is 6.97. The summed E-state index contributed by atoms with van der Waals surface area (Å²) < 4.78 is 37.5. The minimum atomic E-state index is -4.40. The van der Waals surface area contributed by atoms with Crippen LogP contribution >= 0.6 is 22.4 Å². The molecule has 0 aliphatic rings. The number of aryl methyl sites for hydroxylation is 1. The largest absolute Gasteiger partial charge is 0.417 e. The van der Waals surface area contributed by atoms with Crippen molar-refractivity contribution in [1.29, 1.82) is 0 Å². The Morgan fingerprint density at radius 3 is 2.18 bits per heavy atom. The average molecular weight is 368 g/mol. The zero-order valence-electron chi connectivity index (χ0n) is 12.6. The van der Waals surface area contributed by atoms with Crippen molar-refractivity contribution in [2.75, 3.05) is 5.73 Å². The minimum Gasteiger partial charge on any atom is -0.375 e. The maximum atomic E-state index is 12.5. The number of halogens is 4. The molecule has 0 aromatic carbocycles. The van der Waals surface area contributed by atoms with E-state index in [2.05, 4.69) is 29.6 Å². The van der Waals surface area contributed by atoms with Crippen molar-refractivity contribution < 1.29 is 13.2 Å². The molecule has 2 heterocycles. The summed E-state index contributed by atoms with van der Waals surface area (Å²) in [6.07, 6.45) is -2.23. The smallest absolute Gasteiger partial charge is 0.375 e. The monoisotopic (exact) mass is 367 g/mol. The van der Waals surface area contributed by atoms with Crippen molar-refractivity contribution in [3.63, 3.8) is 0 Å². The Bertz CT molecular complexity index is 632. The first-order valence-electron chi connectivity index (χ1n) is 6.32. The number of nitrogen functional groups attached to an aromatic ring is 1. The molecule has 0 unspecified atom stereocenters. The summed E-state index contributed by atoms with van der Waals surface area (Å²) in [6.45, 7) is 7.97. The maximum Gasteiger partial charge on any atom is 0.417 e. The lowest BCUT2D eigenvalue weighted by Gasteiger charge is -2.07. The van der Waals surface area contributed by atoms with Crippen molar-refractivity contribution >= 4 is 34.9 Å². The fraction of sp³-hybridized carbons (Fsp3) is 0.385. The van der Waals surface area contributed by atoms with E-state index in [1.807, 2.05) is 0 Å². The molecule has 122 valence electrons. The predicted molar refractivity (Wildman–Crippen MR) is 88.7 cm³/mol. The molecule has 0 saturated heterocycles. The van der Waals surface area contributed by atoms with E-state index in [1.54, 1.807) is 6.92 Å². The Morgan fingerprint density at radius 1 is 1.23 bits per heavy atom. The van der Waals surface area contributed by atoms with Gasteiger partial charge in [0, 0.05) is 18.0 Å². The van der Waals surface area contributed by atoms with Crippen LogP contribution in [0, 0.1) is 6.92 Å². The number of nitrogens with two attached hydrogens (primary N) is 1. The SMILES string of the molecule is C[Si](C)(C)Cl.Cc1nc(N)sc1-c1cncc(C(F)(F)F)c1. The van der Waals surface area contributed by atoms with Crippen molar-refractivity contribution in [1.82, 2.24) is 9.97 Å². The van der Waals surface area contributed by atoms with Crippen LogP contribution in [0.15, 0.2) is 18.5 Å². The molecule has 3 nitrogen and oxygen atoms in total. The molecule has 0 atom stereocenters. The zero-order valence-corrected chi connectivity index (χ0v) is 15.2. The van der Waals surface area contributed by atoms with Crippen LogP contribution in [0.2, 0.25) is 19.6 Å². The second-order valence-corrected chi connectivity index (χ2v) is 14.1. The van der Waals surface area contributed by atoms with Gasteiger partial charge in [0.25, 0.3) is 0 Å². The normalized spacial score (nSPS) is 11.8. The lowest BCUT2D eigenvalue weighted by Crippen LogP contribution is -2.06. The third-order valence-electron chi connectivity index (χ3n) is 2.14. The molecule has 0 spiro atoms. The molecule has 0 fully saturated rings. The minimum absolute atomic E-state index is 0.329. The molecule has 0 bridgehead atoms. The van der Waals surface area contributed by atoms with Crippen LogP contribution in [-0.2, 0) is 6.18 Å². The number of anilines is 1. The summed E-state index contributed by atoms with van der Waals surface area (Å²) in [5, 5.41) is 0.329. The maximum absolute atomic E-state index is 12.5. The van der Waals surface area contributed by atoms with Crippen LogP contribution in [0.25, 0.3) is 10.4 Å². The third-order valence-corrected chi connectivity index (χ3v) is 3.18. The molecular formula is C13H17ClF3N3SSi. The first-order chi connectivity index (χ1) is 9.88. The fourth-order valence-electron chi connectivity index (χ4n) is 1.40. The van der Waals surface area contributed by atoms with Crippen LogP contribution in [0.1, 0.15) is 11.3 Å². The van der Waals surface area contributed by atoms with Gasteiger partial charge in [-0.25, -0.2) is 4.98 Å². The Labute approximate surface area is 137 Å². The van der Waals surface area contributed by atoms with Crippen LogP contribution < -0.4 is 5.73 Å². The first kappa shape index (κ1) is 18.9. The van der Waals surface area contributed by atoms with E-state index < -0.39 is 19.1 Å². The Kier molecular flexibility index (Phi) is 6.00. The van der Waals surface area contributed by atoms with Gasteiger partial charge in [-0.15, -0.1) is 0 Å². The van der Waals surface area contributed by atoms with Gasteiger partial charge in [0.05, 0.1) is 16.1 Å². The number of alkyl halides is 3. The van der Waals surface area contributed by atoms with Gasteiger partial charge in [0.2, 0.25) is 0 Å². The van der Waals surface area contributed by atoms with E-state index in [0.29, 0.717) is 21.3 Å². The number of nitrogens with zero attached hydrogens (tertiary/aromatic N) is 2. The van der Waals surface area contributed by atoms with Gasteiger partial charge >= 0.3 is 6.18 Å². The molecule has 0 radical (unpaired) electrons. The van der Waals surface area contributed by atoms with Crippen molar-refractivity contribution in [3.05, 3.63) is 29.7 Å². The summed E-state index contributed by atoms with van der Waals surface area (Å²) in [5.41, 5.74) is 5.72. The molecule has 2 N–H and O–H groups in total. The summed E-state index contributed by atoms with van der Waals surface area (Å²) in [5.74, 6) is 0. The lowest BCUT2D eigenvalue weighted by molar-refractivity contribution is -0.137. The van der Waals surface area contributed by atoms with Crippen molar-refractivity contribution in [2.24, 2.45) is 0 Å². The number of thiazole rings is 1. The summed E-state index contributed by atoms with van der Waals surface area (Å²) in [7, 11) is -1.14. The van der Waals surface area contributed by atoms with E-state index in [1.165, 1.54) is 6.20 Å². The average Bonchev–Trinajstić information content (AvgIpc) is 2.65. The van der Waals surface area contributed by atoms with E-state index in [9.17, 15) is 13.2 Å². The van der Waals surface area contributed by atoms with E-state index >= 15 is 0 Å². The highest BCUT2D eigenvalue weighted by atomic mass is 35.6. The highest BCUT2D eigenvalue weighted by Crippen LogP contribution is 2.35. The Hall–Kier alpha value is -1.12. The fourth-order valence-corrected chi connectivity index (χ4v) is 2.22. The van der Waals surface area contributed by atoms with Gasteiger partial charge in [0.1, 0.15) is 7.38 Å². The molecular weight excluding hydrogens is 351 g/mol. The van der Waals surface area contributed by atoms with Gasteiger partial charge < -0.3 is 5.73 Å². The second-order valence-electron chi connectivity index (χ2n) is 5.49. The highest BCUT2D eigenvalue weighted by Gasteiger charge is 2.31. The number of rotatable bonds is 1. The van der Waals surface area contributed by atoms with Gasteiger partial charge in [0.15, 0.2) is 5.13 Å². The van der Waals surface area contributed by atoms with Gasteiger partial charge in [-0.3, -0.25) is 4.98 Å². The molecule has 2 aromatic heterocycles. The number of pyridine rings is 1. The van der Waals surface area contributed by atoms with Crippen LogP contribution in [-0.4, -0.2) is 17.4 Å². The molecule has 0 aliphatic heterocycles. The quantitative estimate of drug-likeness (QED) is 0.558. The molecule has 0 aliphatic carbocycles. The predicted octanol–water partition coefficient (Wildman–Crippen LogP) is 5.17. The van der Waals surface area contributed by atoms with Crippen molar-refractivity contribution in [3.8, 4) is 10.4 Å². The van der Waals surface area contributed by atoms with Gasteiger partial charge in [-0.05, 0) is 13.0 Å². The summed E-state index contributed by atoms with van der Waals surface area (Å²) in [6, 6.07) is 1.05. The Morgan fingerprint density at radius 2 is 1.77 bits per heavy atom. The topological polar surface area (TPSA) is 51.8 Å². The highest BCUT2D eigenvalue weighted by molar-refractivity contribution is 7.19. The van der Waals surface area contributed by atoms with E-state index in [-0.39, 0.29) is 0 Å². The van der Waals surface area contributed by atoms with Crippen molar-refractivity contribution in [2.45, 2.75) is 32.7 Å². The van der Waals surface area contributed by atoms with Gasteiger partial charge in [-0.1, -0.05) is 31.0 Å². The zero-order chi connectivity index (χ0) is 17.1. The Balaban J connectivity index is 0.000000422. The number of hydrogen-bond donors (Lipinski definition) is 1. The van der Waals surface area contributed by atoms with Crippen LogP contribution in [0.3, 0.4) is 0 Å². The molecule has 2 aromatic rings. The standard InChI is InChI=1S/C10H8F3N3S.C3H9ClSi/c1-5-8(17-9(14)16-5)6-2-7(4-15-3-6)10(11,12)13;1-5(2,3)4/h2-4H,1H3,(H2,14,16);1-3H3. The third kappa shape index (κ3) is 6.33. The van der Waals surface area contributed by atoms with Gasteiger partial charge in [-0.2, -0.15) is 24.3 Å². The first-order valence-corrected chi connectivity index (χ1v) is 11.6. The molecule has 9 heteroatoms. The number of aromatic nitrogens is 2. The summed E-state index contributed by atoms with van der Waals surface area (Å²) >= 11 is 6.82. The molecule has 22 heavy (non-hydrogen) atoms. The van der Waals surface area contributed by atoms with E-state index in [0.717, 1.165) is 23.6 Å². The van der Waals surface area contributed by atoms with Crippen LogP contribution in [0.5, 0.6) is 0 Å². The molecule has 0 amide bonds. The molecule has 0 saturated carbocycles. The van der Waals surface area contributed by atoms with E-state index in [4.69, 9.17) is 16.8 Å². The number of hydrogen-bond acceptors (Lipinski definition) is 4. The summed E-state index contributed by atoms with van der Waals surface area (Å²) in [4.78, 5) is 8.17. The lowest BCUT2D eigenvalue weighted by atomic mass is 10.1. The van der Waals surface area contributed by atoms with Crippen LogP contribution in [0.4, 0.5) is 18.3 Å².